The smallest absolute Gasteiger partial charge is 0.256 e. The second kappa shape index (κ2) is 9.22. The number of hydrogen-bond donors (Lipinski definition) is 5. The van der Waals surface area contributed by atoms with E-state index in [9.17, 15) is 19.7 Å². The number of aliphatic imine (C=N–C) groups is 1. The molecule has 13 nitrogen and oxygen atoms in total. The van der Waals surface area contributed by atoms with Crippen LogP contribution in [0.3, 0.4) is 0 Å². The monoisotopic (exact) mass is 471 g/mol. The first kappa shape index (κ1) is 22.8. The minimum Gasteiger partial charge on any atom is -0.484 e. The molecule has 2 aromatic rings. The SMILES string of the molecule is CC1=C(OO)C(Nc2ncc(F)c(Nc3cnc4c(c3)OCC=N4)n2)(OO)C=CC1=CC(N)=O. The summed E-state index contributed by atoms with van der Waals surface area (Å²) in [6.07, 6.45) is 7.54. The van der Waals surface area contributed by atoms with Gasteiger partial charge in [0.15, 0.2) is 23.2 Å². The third-order valence-corrected chi connectivity index (χ3v) is 4.81. The molecule has 0 fully saturated rings. The maximum Gasteiger partial charge on any atom is 0.256 e. The lowest BCUT2D eigenvalue weighted by molar-refractivity contribution is -0.319. The molecule has 0 spiro atoms. The van der Waals surface area contributed by atoms with Gasteiger partial charge in [-0.3, -0.25) is 4.79 Å². The molecule has 2 aromatic heterocycles. The van der Waals surface area contributed by atoms with E-state index in [1.807, 2.05) is 0 Å². The molecule has 6 N–H and O–H groups in total. The van der Waals surface area contributed by atoms with Gasteiger partial charge in [0.25, 0.3) is 5.72 Å². The summed E-state index contributed by atoms with van der Waals surface area (Å²) in [5.74, 6) is -1.55. The minimum atomic E-state index is -2.01. The van der Waals surface area contributed by atoms with Crippen molar-refractivity contribution < 1.29 is 34.2 Å². The first-order valence-electron chi connectivity index (χ1n) is 9.64. The second-order valence-corrected chi connectivity index (χ2v) is 7.02. The van der Waals surface area contributed by atoms with Crippen molar-refractivity contribution in [2.75, 3.05) is 17.2 Å². The van der Waals surface area contributed by atoms with Gasteiger partial charge in [-0.2, -0.15) is 9.87 Å². The molecule has 1 aliphatic heterocycles. The average Bonchev–Trinajstić information content (AvgIpc) is 2.83. The van der Waals surface area contributed by atoms with E-state index in [4.69, 9.17) is 10.5 Å². The van der Waals surface area contributed by atoms with Crippen molar-refractivity contribution in [3.8, 4) is 5.75 Å². The minimum absolute atomic E-state index is 0.202. The van der Waals surface area contributed by atoms with Crippen LogP contribution in [-0.4, -0.2) is 49.9 Å². The molecule has 4 rings (SSSR count). The van der Waals surface area contributed by atoms with Gasteiger partial charge in [0.05, 0.1) is 18.1 Å². The summed E-state index contributed by atoms with van der Waals surface area (Å²) < 4.78 is 19.8. The van der Waals surface area contributed by atoms with Gasteiger partial charge < -0.3 is 26.0 Å². The second-order valence-electron chi connectivity index (χ2n) is 7.02. The van der Waals surface area contributed by atoms with Crippen LogP contribution in [0.1, 0.15) is 6.92 Å². The first-order chi connectivity index (χ1) is 16.3. The molecule has 1 unspecified atom stereocenters. The van der Waals surface area contributed by atoms with Gasteiger partial charge in [0.1, 0.15) is 6.61 Å². The van der Waals surface area contributed by atoms with E-state index in [2.05, 4.69) is 40.4 Å². The van der Waals surface area contributed by atoms with Crippen molar-refractivity contribution in [2.24, 2.45) is 10.7 Å². The number of pyridine rings is 1. The summed E-state index contributed by atoms with van der Waals surface area (Å²) in [4.78, 5) is 36.3. The van der Waals surface area contributed by atoms with Gasteiger partial charge in [0, 0.05) is 23.9 Å². The number of fused-ring (bicyclic) bond motifs is 1. The van der Waals surface area contributed by atoms with E-state index >= 15 is 0 Å². The third kappa shape index (κ3) is 4.40. The number of halogens is 1. The summed E-state index contributed by atoms with van der Waals surface area (Å²) >= 11 is 0. The van der Waals surface area contributed by atoms with Crippen LogP contribution in [0, 0.1) is 5.82 Å². The maximum absolute atomic E-state index is 14.4. The normalized spacial score (nSPS) is 20.1. The first-order valence-corrected chi connectivity index (χ1v) is 9.64. The van der Waals surface area contributed by atoms with Gasteiger partial charge in [0.2, 0.25) is 17.6 Å². The molecule has 176 valence electrons. The maximum atomic E-state index is 14.4. The topological polar surface area (TPSA) is 186 Å². The van der Waals surface area contributed by atoms with Crippen molar-refractivity contribution in [3.63, 3.8) is 0 Å². The van der Waals surface area contributed by atoms with E-state index in [0.717, 1.165) is 12.3 Å². The number of hydrogen-bond acceptors (Lipinski definition) is 12. The van der Waals surface area contributed by atoms with Crippen molar-refractivity contribution in [3.05, 3.63) is 59.4 Å². The molecule has 3 heterocycles. The molecule has 14 heteroatoms. The molecule has 1 aliphatic carbocycles. The van der Waals surface area contributed by atoms with Crippen LogP contribution in [0.15, 0.2) is 58.6 Å². The number of nitrogens with two attached hydrogens (primary N) is 1. The Hall–Kier alpha value is -4.40. The summed E-state index contributed by atoms with van der Waals surface area (Å²) in [5.41, 5.74) is 4.02. The van der Waals surface area contributed by atoms with Crippen molar-refractivity contribution in [2.45, 2.75) is 12.6 Å². The number of aromatic nitrogens is 3. The van der Waals surface area contributed by atoms with Gasteiger partial charge in [-0.1, -0.05) is 6.08 Å². The molecule has 0 aromatic carbocycles. The largest absolute Gasteiger partial charge is 0.484 e. The Morgan fingerprint density at radius 3 is 2.91 bits per heavy atom. The number of allylic oxidation sites excluding steroid dienone is 3. The lowest BCUT2D eigenvalue weighted by atomic mass is 9.93. The van der Waals surface area contributed by atoms with E-state index in [1.165, 1.54) is 25.3 Å². The Balaban J connectivity index is 1.64. The fraction of sp³-hybridized carbons (Fsp3) is 0.150. The van der Waals surface area contributed by atoms with Gasteiger partial charge >= 0.3 is 0 Å². The lowest BCUT2D eigenvalue weighted by Gasteiger charge is -2.32. The number of anilines is 3. The number of carbonyl (C=O) groups is 1. The Labute approximate surface area is 191 Å². The number of carbonyl (C=O) groups excluding carboxylic acids is 1. The Bertz CT molecular complexity index is 1260. The zero-order valence-corrected chi connectivity index (χ0v) is 17.5. The van der Waals surface area contributed by atoms with Crippen molar-refractivity contribution in [1.29, 1.82) is 0 Å². The quantitative estimate of drug-likeness (QED) is 0.172. The third-order valence-electron chi connectivity index (χ3n) is 4.81. The van der Waals surface area contributed by atoms with E-state index < -0.39 is 17.4 Å². The number of rotatable bonds is 7. The van der Waals surface area contributed by atoms with Crippen LogP contribution in [0.4, 0.5) is 27.7 Å². The van der Waals surface area contributed by atoms with Crippen LogP contribution in [0.5, 0.6) is 5.75 Å². The molecular weight excluding hydrogens is 453 g/mol. The highest BCUT2D eigenvalue weighted by Gasteiger charge is 2.42. The highest BCUT2D eigenvalue weighted by atomic mass is 19.1. The molecule has 1 amide bonds. The van der Waals surface area contributed by atoms with Crippen LogP contribution in [-0.2, 0) is 14.6 Å². The zero-order valence-electron chi connectivity index (χ0n) is 17.5. The van der Waals surface area contributed by atoms with Crippen LogP contribution in [0.25, 0.3) is 0 Å². The molecular formula is C20H18FN7O6. The predicted octanol–water partition coefficient (Wildman–Crippen LogP) is 2.19. The summed E-state index contributed by atoms with van der Waals surface area (Å²) in [5, 5.41) is 24.5. The summed E-state index contributed by atoms with van der Waals surface area (Å²) in [7, 11) is 0. The molecule has 0 bridgehead atoms. The van der Waals surface area contributed by atoms with Gasteiger partial charge in [-0.25, -0.2) is 29.9 Å². The van der Waals surface area contributed by atoms with Gasteiger partial charge in [-0.15, -0.1) is 0 Å². The van der Waals surface area contributed by atoms with Crippen LogP contribution < -0.4 is 21.1 Å². The lowest BCUT2D eigenvalue weighted by Crippen LogP contribution is -2.44. The van der Waals surface area contributed by atoms with Crippen molar-refractivity contribution in [1.82, 2.24) is 15.0 Å². The van der Waals surface area contributed by atoms with Crippen LogP contribution >= 0.6 is 0 Å². The fourth-order valence-electron chi connectivity index (χ4n) is 3.23. The Morgan fingerprint density at radius 1 is 1.35 bits per heavy atom. The average molecular weight is 471 g/mol. The highest BCUT2D eigenvalue weighted by Crippen LogP contribution is 2.35. The molecule has 1 atom stereocenters. The summed E-state index contributed by atoms with van der Waals surface area (Å²) in [6.45, 7) is 1.76. The molecule has 34 heavy (non-hydrogen) atoms. The zero-order chi connectivity index (χ0) is 24.3. The molecule has 2 aliphatic rings. The van der Waals surface area contributed by atoms with Crippen LogP contribution in [0.2, 0.25) is 0 Å². The Kier molecular flexibility index (Phi) is 6.18. The number of primary amides is 1. The number of ether oxygens (including phenoxy) is 1. The predicted molar refractivity (Wildman–Crippen MR) is 116 cm³/mol. The molecule has 0 saturated carbocycles. The van der Waals surface area contributed by atoms with Crippen molar-refractivity contribution >= 4 is 35.4 Å². The van der Waals surface area contributed by atoms with E-state index in [-0.39, 0.29) is 29.7 Å². The molecule has 0 radical (unpaired) electrons. The fourth-order valence-corrected chi connectivity index (χ4v) is 3.23. The highest BCUT2D eigenvalue weighted by molar-refractivity contribution is 5.88. The Morgan fingerprint density at radius 2 is 2.18 bits per heavy atom. The standard InChI is InChI=1S/C20H18FN7O6/c1-10-11(6-15(22)29)2-3-20(34-31,16(10)33-30)28-19-25-9-13(21)17(27-19)26-12-7-14-18(24-8-12)23-4-5-32-14/h2-4,6-9,30-31H,5H2,1H3,(H2,22,29)(H2,25,26,27,28). The number of nitrogens with one attached hydrogen (secondary N) is 2. The van der Waals surface area contributed by atoms with E-state index in [1.54, 1.807) is 12.3 Å². The number of nitrogens with zero attached hydrogens (tertiary/aromatic N) is 4. The summed E-state index contributed by atoms with van der Waals surface area (Å²) in [6, 6.07) is 1.58. The van der Waals surface area contributed by atoms with E-state index in [0.29, 0.717) is 22.8 Å². The number of amides is 1. The molecule has 0 saturated heterocycles. The van der Waals surface area contributed by atoms with Gasteiger partial charge in [-0.05, 0) is 18.6 Å².